The van der Waals surface area contributed by atoms with Crippen LogP contribution >= 0.6 is 23.2 Å². The average molecular weight is 430 g/mol. The summed E-state index contributed by atoms with van der Waals surface area (Å²) in [6.45, 7) is 0. The Hall–Kier alpha value is -2.91. The van der Waals surface area contributed by atoms with Crippen LogP contribution in [-0.2, 0) is 0 Å². The van der Waals surface area contributed by atoms with Gasteiger partial charge in [-0.15, -0.1) is 13.2 Å². The van der Waals surface area contributed by atoms with Gasteiger partial charge >= 0.3 is 6.36 Å². The summed E-state index contributed by atoms with van der Waals surface area (Å²) in [5.74, 6) is 0.208. The van der Waals surface area contributed by atoms with Crippen LogP contribution < -0.4 is 21.1 Å². The molecule has 4 N–H and O–H groups in total. The lowest BCUT2D eigenvalue weighted by Crippen LogP contribution is -2.17. The first-order valence-electron chi connectivity index (χ1n) is 7.66. The van der Waals surface area contributed by atoms with Gasteiger partial charge in [0.05, 0.1) is 10.7 Å². The average Bonchev–Trinajstić information content (AvgIpc) is 2.61. The minimum Gasteiger partial charge on any atom is -0.406 e. The molecular formula is C17H12Cl2F3N5O. The van der Waals surface area contributed by atoms with Crippen LogP contribution in [0.25, 0.3) is 0 Å². The van der Waals surface area contributed by atoms with Gasteiger partial charge < -0.3 is 21.1 Å². The summed E-state index contributed by atoms with van der Waals surface area (Å²) in [6.07, 6.45) is -3.48. The van der Waals surface area contributed by atoms with Crippen LogP contribution in [-0.4, -0.2) is 16.3 Å². The zero-order valence-corrected chi connectivity index (χ0v) is 15.4. The molecule has 0 atom stereocenters. The third kappa shape index (κ3) is 5.08. The van der Waals surface area contributed by atoms with Gasteiger partial charge in [-0.25, -0.2) is 9.97 Å². The van der Waals surface area contributed by atoms with E-state index in [0.717, 1.165) is 0 Å². The van der Waals surface area contributed by atoms with E-state index in [1.54, 1.807) is 18.2 Å². The molecule has 1 heterocycles. The summed E-state index contributed by atoms with van der Waals surface area (Å²) < 4.78 is 40.5. The molecule has 0 saturated carbocycles. The third-order valence-electron chi connectivity index (χ3n) is 3.42. The molecule has 2 aromatic carbocycles. The molecule has 0 bridgehead atoms. The number of nitrogen functional groups attached to an aromatic ring is 1. The fourth-order valence-corrected chi connectivity index (χ4v) is 2.65. The molecule has 0 fully saturated rings. The smallest absolute Gasteiger partial charge is 0.406 e. The molecular weight excluding hydrogens is 418 g/mol. The van der Waals surface area contributed by atoms with Crippen LogP contribution in [0.4, 0.5) is 41.9 Å². The summed E-state index contributed by atoms with van der Waals surface area (Å²) in [5.41, 5.74) is 7.26. The molecule has 0 saturated heterocycles. The van der Waals surface area contributed by atoms with Crippen LogP contribution in [0.5, 0.6) is 5.75 Å². The Balaban J connectivity index is 1.77. The number of hydrogen-bond donors (Lipinski definition) is 3. The fraction of sp³-hybridized carbons (Fsp3) is 0.0588. The molecule has 3 aromatic rings. The second-order valence-corrected chi connectivity index (χ2v) is 6.27. The van der Waals surface area contributed by atoms with Crippen molar-refractivity contribution in [1.29, 1.82) is 0 Å². The highest BCUT2D eigenvalue weighted by atomic mass is 35.5. The lowest BCUT2D eigenvalue weighted by Gasteiger charge is -2.14. The van der Waals surface area contributed by atoms with Crippen LogP contribution in [0.15, 0.2) is 48.8 Å². The monoisotopic (exact) mass is 429 g/mol. The topological polar surface area (TPSA) is 85.1 Å². The Morgan fingerprint density at radius 1 is 0.929 bits per heavy atom. The van der Waals surface area contributed by atoms with Gasteiger partial charge in [0.1, 0.15) is 17.8 Å². The number of benzene rings is 2. The first-order chi connectivity index (χ1) is 13.2. The number of nitrogens with one attached hydrogen (secondary N) is 2. The standard InChI is InChI=1S/C17H12Cl2F3N5O/c18-9-1-6-13(12(19)7-9)27-16-14(23)15(24-8-25-16)26-10-2-4-11(5-3-10)28-17(20,21)22/h1-8H,23H2,(H2,24,25,26,27). The molecule has 6 nitrogen and oxygen atoms in total. The van der Waals surface area contributed by atoms with E-state index in [1.807, 2.05) is 0 Å². The molecule has 11 heteroatoms. The van der Waals surface area contributed by atoms with E-state index >= 15 is 0 Å². The van der Waals surface area contributed by atoms with Crippen molar-refractivity contribution >= 4 is 51.9 Å². The first-order valence-corrected chi connectivity index (χ1v) is 8.42. The maximum atomic E-state index is 12.2. The number of ether oxygens (including phenoxy) is 1. The van der Waals surface area contributed by atoms with Gasteiger partial charge in [-0.05, 0) is 42.5 Å². The van der Waals surface area contributed by atoms with Crippen molar-refractivity contribution in [3.05, 3.63) is 58.8 Å². The van der Waals surface area contributed by atoms with Gasteiger partial charge in [0.2, 0.25) is 0 Å². The van der Waals surface area contributed by atoms with E-state index in [1.165, 1.54) is 30.6 Å². The number of rotatable bonds is 5. The zero-order chi connectivity index (χ0) is 20.3. The van der Waals surface area contributed by atoms with Crippen molar-refractivity contribution in [3.8, 4) is 5.75 Å². The Morgan fingerprint density at radius 3 is 2.18 bits per heavy atom. The van der Waals surface area contributed by atoms with Crippen LogP contribution in [0.3, 0.4) is 0 Å². The number of aromatic nitrogens is 2. The van der Waals surface area contributed by atoms with E-state index in [0.29, 0.717) is 27.2 Å². The molecule has 0 aliphatic rings. The van der Waals surface area contributed by atoms with Gasteiger partial charge in [0.15, 0.2) is 11.6 Å². The number of halogens is 5. The van der Waals surface area contributed by atoms with E-state index < -0.39 is 6.36 Å². The van der Waals surface area contributed by atoms with Gasteiger partial charge in [0, 0.05) is 10.7 Å². The van der Waals surface area contributed by atoms with Gasteiger partial charge in [-0.2, -0.15) is 0 Å². The maximum Gasteiger partial charge on any atom is 0.573 e. The van der Waals surface area contributed by atoms with Crippen molar-refractivity contribution < 1.29 is 17.9 Å². The highest BCUT2D eigenvalue weighted by molar-refractivity contribution is 6.36. The quantitative estimate of drug-likeness (QED) is 0.478. The van der Waals surface area contributed by atoms with Crippen molar-refractivity contribution in [2.24, 2.45) is 0 Å². The largest absolute Gasteiger partial charge is 0.573 e. The number of nitrogens with zero attached hydrogens (tertiary/aromatic N) is 2. The minimum atomic E-state index is -4.75. The summed E-state index contributed by atoms with van der Waals surface area (Å²) >= 11 is 12.0. The van der Waals surface area contributed by atoms with Crippen LogP contribution in [0.1, 0.15) is 0 Å². The van der Waals surface area contributed by atoms with Gasteiger partial charge in [-0.3, -0.25) is 0 Å². The lowest BCUT2D eigenvalue weighted by molar-refractivity contribution is -0.274. The Morgan fingerprint density at radius 2 is 1.57 bits per heavy atom. The summed E-state index contributed by atoms with van der Waals surface area (Å²) in [4.78, 5) is 8.11. The Labute approximate surface area is 167 Å². The zero-order valence-electron chi connectivity index (χ0n) is 13.9. The third-order valence-corrected chi connectivity index (χ3v) is 3.97. The molecule has 0 spiro atoms. The van der Waals surface area contributed by atoms with Crippen molar-refractivity contribution in [2.75, 3.05) is 16.4 Å². The normalized spacial score (nSPS) is 11.2. The Bertz CT molecular complexity index is 984. The van der Waals surface area contributed by atoms with Gasteiger partial charge in [-0.1, -0.05) is 23.2 Å². The number of anilines is 5. The predicted octanol–water partition coefficient (Wildman–Crippen LogP) is 5.75. The molecule has 0 radical (unpaired) electrons. The van der Waals surface area contributed by atoms with Crippen molar-refractivity contribution in [1.82, 2.24) is 9.97 Å². The predicted molar refractivity (Wildman–Crippen MR) is 103 cm³/mol. The van der Waals surface area contributed by atoms with Crippen LogP contribution in [0, 0.1) is 0 Å². The lowest BCUT2D eigenvalue weighted by atomic mass is 10.3. The molecule has 146 valence electrons. The number of alkyl halides is 3. The maximum absolute atomic E-state index is 12.2. The summed E-state index contributed by atoms with van der Waals surface area (Å²) in [7, 11) is 0. The molecule has 0 aliphatic heterocycles. The van der Waals surface area contributed by atoms with Crippen molar-refractivity contribution in [2.45, 2.75) is 6.36 Å². The van der Waals surface area contributed by atoms with E-state index in [2.05, 4.69) is 25.3 Å². The highest BCUT2D eigenvalue weighted by Gasteiger charge is 2.30. The molecule has 1 aromatic heterocycles. The molecule has 0 aliphatic carbocycles. The van der Waals surface area contributed by atoms with Crippen molar-refractivity contribution in [3.63, 3.8) is 0 Å². The summed E-state index contributed by atoms with van der Waals surface area (Å²) in [5, 5.41) is 6.74. The van der Waals surface area contributed by atoms with E-state index in [4.69, 9.17) is 28.9 Å². The van der Waals surface area contributed by atoms with Gasteiger partial charge in [0.25, 0.3) is 0 Å². The number of nitrogens with two attached hydrogens (primary N) is 1. The Kier molecular flexibility index (Phi) is 5.66. The second-order valence-electron chi connectivity index (χ2n) is 5.43. The van der Waals surface area contributed by atoms with Crippen LogP contribution in [0.2, 0.25) is 10.0 Å². The first kappa shape index (κ1) is 19.8. The second kappa shape index (κ2) is 7.99. The molecule has 0 unspecified atom stereocenters. The SMILES string of the molecule is Nc1c(Nc2ccc(OC(F)(F)F)cc2)ncnc1Nc1ccc(Cl)cc1Cl. The molecule has 3 rings (SSSR count). The molecule has 28 heavy (non-hydrogen) atoms. The van der Waals surface area contributed by atoms with E-state index in [9.17, 15) is 13.2 Å². The highest BCUT2D eigenvalue weighted by Crippen LogP contribution is 2.32. The van der Waals surface area contributed by atoms with E-state index in [-0.39, 0.29) is 17.3 Å². The minimum absolute atomic E-state index is 0.184. The molecule has 0 amide bonds. The summed E-state index contributed by atoms with van der Waals surface area (Å²) in [6, 6.07) is 10.00. The fourth-order valence-electron chi connectivity index (χ4n) is 2.19. The number of hydrogen-bond acceptors (Lipinski definition) is 6.